The number of phenolic OH excluding ortho intramolecular Hbond substituents is 2. The van der Waals surface area contributed by atoms with Crippen molar-refractivity contribution in [1.82, 2.24) is 19.1 Å². The standard InChI is InChI=1S/C22H23FN2O2.C22H23FN2OS/c2*1-3-8-17-15(2)24-21(18-11-7-12-19(23)20(18)26)25(22(17)27)14-13-16-9-5-4-6-10-16/h2*4-7,9-12,26H,3,8,13-14H2,1-2H3. The maximum atomic E-state index is 13.9. The number of rotatable bonds is 12. The van der Waals surface area contributed by atoms with Gasteiger partial charge in [0.25, 0.3) is 5.56 Å². The summed E-state index contributed by atoms with van der Waals surface area (Å²) in [4.78, 5) is 22.4. The molecule has 0 aliphatic heterocycles. The van der Waals surface area contributed by atoms with Crippen molar-refractivity contribution in [2.45, 2.75) is 79.3 Å². The number of hydrogen-bond acceptors (Lipinski definition) is 6. The Morgan fingerprint density at radius 2 is 1.02 bits per heavy atom. The fraction of sp³-hybridized carbons (Fsp3) is 0.273. The first-order valence-corrected chi connectivity index (χ1v) is 18.7. The number of aromatic nitrogens is 4. The summed E-state index contributed by atoms with van der Waals surface area (Å²) in [5.74, 6) is -1.47. The first-order valence-electron chi connectivity index (χ1n) is 18.3. The van der Waals surface area contributed by atoms with Crippen molar-refractivity contribution >= 4 is 12.2 Å². The van der Waals surface area contributed by atoms with Gasteiger partial charge in [-0.1, -0.05) is 112 Å². The van der Waals surface area contributed by atoms with Crippen LogP contribution in [0.3, 0.4) is 0 Å². The van der Waals surface area contributed by atoms with Gasteiger partial charge in [0.05, 0.1) is 11.1 Å². The third-order valence-electron chi connectivity index (χ3n) is 9.33. The van der Waals surface area contributed by atoms with Crippen LogP contribution in [0.15, 0.2) is 102 Å². The van der Waals surface area contributed by atoms with Crippen LogP contribution in [0.2, 0.25) is 0 Å². The zero-order chi connectivity index (χ0) is 38.8. The molecule has 0 fully saturated rings. The molecule has 0 saturated heterocycles. The summed E-state index contributed by atoms with van der Waals surface area (Å²) in [6.45, 7) is 8.83. The number of aromatic hydroxyl groups is 2. The van der Waals surface area contributed by atoms with Crippen LogP contribution in [-0.2, 0) is 38.8 Å². The fourth-order valence-electron chi connectivity index (χ4n) is 6.47. The Hall–Kier alpha value is -5.48. The van der Waals surface area contributed by atoms with Crippen LogP contribution in [0.25, 0.3) is 22.8 Å². The van der Waals surface area contributed by atoms with Gasteiger partial charge < -0.3 is 14.8 Å². The Balaban J connectivity index is 0.000000208. The average molecular weight is 749 g/mol. The molecule has 0 radical (unpaired) electrons. The van der Waals surface area contributed by atoms with Crippen LogP contribution >= 0.6 is 12.2 Å². The summed E-state index contributed by atoms with van der Waals surface area (Å²) in [5.41, 5.74) is 5.91. The molecule has 0 atom stereocenters. The molecular formula is C44H46F2N4O3S. The van der Waals surface area contributed by atoms with Gasteiger partial charge in [-0.2, -0.15) is 0 Å². The second kappa shape index (κ2) is 18.5. The van der Waals surface area contributed by atoms with Crippen molar-refractivity contribution < 1.29 is 19.0 Å². The van der Waals surface area contributed by atoms with Crippen LogP contribution in [0.1, 0.15) is 60.3 Å². The van der Waals surface area contributed by atoms with Gasteiger partial charge >= 0.3 is 0 Å². The van der Waals surface area contributed by atoms with E-state index in [1.54, 1.807) is 29.7 Å². The van der Waals surface area contributed by atoms with Gasteiger partial charge in [0, 0.05) is 35.6 Å². The normalized spacial score (nSPS) is 10.9. The summed E-state index contributed by atoms with van der Waals surface area (Å²) in [7, 11) is 0. The number of aryl methyl sites for hydroxylation is 4. The van der Waals surface area contributed by atoms with E-state index in [0.717, 1.165) is 42.5 Å². The lowest BCUT2D eigenvalue weighted by molar-refractivity contribution is 0.433. The number of halogens is 2. The third kappa shape index (κ3) is 9.17. The summed E-state index contributed by atoms with van der Waals surface area (Å²) >= 11 is 5.77. The van der Waals surface area contributed by atoms with Gasteiger partial charge in [-0.15, -0.1) is 0 Å². The topological polar surface area (TPSA) is 93.2 Å². The van der Waals surface area contributed by atoms with Crippen molar-refractivity contribution in [3.8, 4) is 34.3 Å². The highest BCUT2D eigenvalue weighted by molar-refractivity contribution is 7.71. The molecule has 2 heterocycles. The largest absolute Gasteiger partial charge is 0.504 e. The summed E-state index contributed by atoms with van der Waals surface area (Å²) in [5, 5.41) is 20.4. The number of para-hydroxylation sites is 2. The van der Waals surface area contributed by atoms with E-state index in [9.17, 15) is 23.8 Å². The Morgan fingerprint density at radius 1 is 0.593 bits per heavy atom. The first kappa shape index (κ1) is 39.7. The lowest BCUT2D eigenvalue weighted by Crippen LogP contribution is -2.29. The van der Waals surface area contributed by atoms with Gasteiger partial charge in [0.2, 0.25) is 0 Å². The molecule has 2 aromatic heterocycles. The van der Waals surface area contributed by atoms with Crippen molar-refractivity contribution in [3.05, 3.63) is 157 Å². The zero-order valence-corrected chi connectivity index (χ0v) is 32.0. The molecule has 0 unspecified atom stereocenters. The van der Waals surface area contributed by atoms with Gasteiger partial charge in [-0.25, -0.2) is 18.7 Å². The van der Waals surface area contributed by atoms with E-state index in [1.807, 2.05) is 66.9 Å². The molecule has 280 valence electrons. The van der Waals surface area contributed by atoms with E-state index in [-0.39, 0.29) is 11.1 Å². The van der Waals surface area contributed by atoms with E-state index in [1.165, 1.54) is 23.8 Å². The minimum Gasteiger partial charge on any atom is -0.504 e. The van der Waals surface area contributed by atoms with Crippen LogP contribution in [0.5, 0.6) is 11.5 Å². The lowest BCUT2D eigenvalue weighted by atomic mass is 10.1. The molecule has 6 aromatic rings. The summed E-state index contributed by atoms with van der Waals surface area (Å²) in [6.07, 6.45) is 4.70. The Morgan fingerprint density at radius 3 is 1.50 bits per heavy atom. The van der Waals surface area contributed by atoms with Gasteiger partial charge in [-0.3, -0.25) is 9.36 Å². The monoisotopic (exact) mass is 748 g/mol. The Kier molecular flexibility index (Phi) is 13.6. The quantitative estimate of drug-likeness (QED) is 0.121. The van der Waals surface area contributed by atoms with Crippen molar-refractivity contribution in [1.29, 1.82) is 0 Å². The molecule has 0 saturated carbocycles. The van der Waals surface area contributed by atoms with E-state index in [0.29, 0.717) is 59.0 Å². The van der Waals surface area contributed by atoms with E-state index in [2.05, 4.69) is 24.0 Å². The van der Waals surface area contributed by atoms with E-state index in [4.69, 9.17) is 17.2 Å². The Labute approximate surface area is 320 Å². The molecule has 0 bridgehead atoms. The number of hydrogen-bond donors (Lipinski definition) is 2. The maximum absolute atomic E-state index is 13.9. The van der Waals surface area contributed by atoms with Crippen LogP contribution < -0.4 is 5.56 Å². The molecule has 4 aromatic carbocycles. The predicted molar refractivity (Wildman–Crippen MR) is 213 cm³/mol. The minimum absolute atomic E-state index is 0.126. The number of phenols is 2. The summed E-state index contributed by atoms with van der Waals surface area (Å²) < 4.78 is 32.0. The smallest absolute Gasteiger partial charge is 0.257 e. The second-order valence-electron chi connectivity index (χ2n) is 13.2. The average Bonchev–Trinajstić information content (AvgIpc) is 3.17. The van der Waals surface area contributed by atoms with Crippen LogP contribution in [0, 0.1) is 30.1 Å². The minimum atomic E-state index is -0.730. The lowest BCUT2D eigenvalue weighted by Gasteiger charge is -2.18. The van der Waals surface area contributed by atoms with Gasteiger partial charge in [-0.05, 0) is 74.9 Å². The number of benzene rings is 4. The molecule has 0 spiro atoms. The van der Waals surface area contributed by atoms with Crippen LogP contribution in [-0.4, -0.2) is 29.3 Å². The van der Waals surface area contributed by atoms with E-state index < -0.39 is 23.1 Å². The molecule has 6 rings (SSSR count). The van der Waals surface area contributed by atoms with Gasteiger partial charge in [0.1, 0.15) is 16.3 Å². The maximum Gasteiger partial charge on any atom is 0.257 e. The molecule has 7 nitrogen and oxygen atoms in total. The molecule has 10 heteroatoms. The van der Waals surface area contributed by atoms with Crippen LogP contribution in [0.4, 0.5) is 8.78 Å². The molecular weight excluding hydrogens is 703 g/mol. The van der Waals surface area contributed by atoms with Crippen molar-refractivity contribution in [2.24, 2.45) is 0 Å². The third-order valence-corrected chi connectivity index (χ3v) is 9.79. The SMILES string of the molecule is CCCc1c(C)nc(-c2cccc(F)c2O)n(CCc2ccccc2)c1=O.CCCc1c(C)nc(-c2cccc(F)c2O)n(CCc2ccccc2)c1=S. The fourth-order valence-corrected chi connectivity index (χ4v) is 6.89. The van der Waals surface area contributed by atoms with Crippen molar-refractivity contribution in [3.63, 3.8) is 0 Å². The van der Waals surface area contributed by atoms with Crippen molar-refractivity contribution in [2.75, 3.05) is 0 Å². The molecule has 54 heavy (non-hydrogen) atoms. The highest BCUT2D eigenvalue weighted by atomic mass is 32.1. The molecule has 0 aliphatic rings. The molecule has 0 aliphatic carbocycles. The summed E-state index contributed by atoms with van der Waals surface area (Å²) in [6, 6.07) is 28.7. The molecule has 2 N–H and O–H groups in total. The second-order valence-corrected chi connectivity index (χ2v) is 13.5. The Bertz CT molecular complexity index is 2160. The first-order chi connectivity index (χ1) is 26.0. The van der Waals surface area contributed by atoms with E-state index >= 15 is 0 Å². The zero-order valence-electron chi connectivity index (χ0n) is 31.2. The molecule has 0 amide bonds. The predicted octanol–water partition coefficient (Wildman–Crippen LogP) is 9.89. The number of nitrogens with zero attached hydrogens (tertiary/aromatic N) is 4. The van der Waals surface area contributed by atoms with Gasteiger partial charge in [0.15, 0.2) is 23.1 Å². The highest BCUT2D eigenvalue weighted by Gasteiger charge is 2.20. The highest BCUT2D eigenvalue weighted by Crippen LogP contribution is 2.32.